The molecule has 0 amide bonds. The molecule has 0 fully saturated rings. The van der Waals surface area contributed by atoms with E-state index >= 15 is 0 Å². The fourth-order valence-corrected chi connectivity index (χ4v) is 0. The van der Waals surface area contributed by atoms with Crippen LogP contribution < -0.4 is 0 Å². The molecule has 0 saturated heterocycles. The molecule has 138 valence electrons. The van der Waals surface area contributed by atoms with Crippen LogP contribution in [0.1, 0.15) is 13.8 Å². The van der Waals surface area contributed by atoms with Gasteiger partial charge in [0.15, 0.2) is 20.2 Å². The molecule has 0 saturated carbocycles. The molecule has 0 aliphatic carbocycles. The van der Waals surface area contributed by atoms with Gasteiger partial charge in [-0.1, -0.05) is 0 Å². The molecule has 0 aromatic heterocycles. The second-order valence-corrected chi connectivity index (χ2v) is 4.99. The first kappa shape index (κ1) is 33.5. The zero-order valence-electron chi connectivity index (χ0n) is 10.8. The van der Waals surface area contributed by atoms with Gasteiger partial charge in [0.1, 0.15) is 0 Å². The summed E-state index contributed by atoms with van der Waals surface area (Å²) in [5, 5.41) is 14.6. The predicted molar refractivity (Wildman–Crippen MR) is 54.1 cm³/mol. The standard InChI is InChI=1S/2C2H3N.2CHF3O3S.Fe/c2*1-2-3;2*2-1(3,4)8(5,6)7;/h2*1H3;2*(H,5,6,7);/q;;;;+2/p-2. The number of alkyl halides is 6. The normalized spacial score (nSPS) is 10.4. The van der Waals surface area contributed by atoms with Crippen molar-refractivity contribution in [1.29, 1.82) is 10.5 Å². The number of halogens is 6. The Balaban J connectivity index is -0.0000000680. The minimum absolute atomic E-state index is 0. The Morgan fingerprint density at radius 2 is 0.783 bits per heavy atom. The van der Waals surface area contributed by atoms with Gasteiger partial charge in [-0.15, -0.1) is 0 Å². The zero-order valence-corrected chi connectivity index (χ0v) is 13.5. The van der Waals surface area contributed by atoms with Crippen molar-refractivity contribution < 1.29 is 69.4 Å². The first-order valence-electron chi connectivity index (χ1n) is 3.99. The molecule has 0 aromatic carbocycles. The van der Waals surface area contributed by atoms with Crippen molar-refractivity contribution in [1.82, 2.24) is 0 Å². The number of nitrogens with zero attached hydrogens (tertiary/aromatic N) is 2. The second kappa shape index (κ2) is 13.3. The summed E-state index contributed by atoms with van der Waals surface area (Å²) in [5.74, 6) is 0. The van der Waals surface area contributed by atoms with Crippen molar-refractivity contribution >= 4 is 20.2 Å². The summed E-state index contributed by atoms with van der Waals surface area (Å²) >= 11 is 0. The van der Waals surface area contributed by atoms with Gasteiger partial charge in [-0.3, -0.25) is 0 Å². The van der Waals surface area contributed by atoms with Gasteiger partial charge in [0.05, 0.1) is 12.1 Å². The Morgan fingerprint density at radius 3 is 0.783 bits per heavy atom. The van der Waals surface area contributed by atoms with Crippen LogP contribution in [0.15, 0.2) is 0 Å². The summed E-state index contributed by atoms with van der Waals surface area (Å²) in [4.78, 5) is 0. The molecule has 0 N–H and O–H groups in total. The molecule has 0 aromatic rings. The largest absolute Gasteiger partial charge is 2.00 e. The van der Waals surface area contributed by atoms with Crippen LogP contribution in [0.3, 0.4) is 0 Å². The Labute approximate surface area is 137 Å². The minimum atomic E-state index is -6.09. The summed E-state index contributed by atoms with van der Waals surface area (Å²) in [7, 11) is -12.2. The second-order valence-electron chi connectivity index (χ2n) is 2.25. The molecule has 0 spiro atoms. The van der Waals surface area contributed by atoms with E-state index in [1.54, 1.807) is 12.1 Å². The topological polar surface area (TPSA) is 162 Å². The van der Waals surface area contributed by atoms with E-state index in [0.717, 1.165) is 0 Å². The van der Waals surface area contributed by atoms with Gasteiger partial charge in [0.2, 0.25) is 0 Å². The summed E-state index contributed by atoms with van der Waals surface area (Å²) < 4.78 is 118. The van der Waals surface area contributed by atoms with E-state index in [1.807, 2.05) is 0 Å². The van der Waals surface area contributed by atoms with Gasteiger partial charge >= 0.3 is 28.1 Å². The Hall–Kier alpha value is -1.10. The van der Waals surface area contributed by atoms with Crippen molar-refractivity contribution in [3.05, 3.63) is 0 Å². The van der Waals surface area contributed by atoms with E-state index in [1.165, 1.54) is 13.8 Å². The van der Waals surface area contributed by atoms with Gasteiger partial charge in [-0.2, -0.15) is 36.9 Å². The molecule has 0 rings (SSSR count). The third kappa shape index (κ3) is 26.1. The molecule has 0 radical (unpaired) electrons. The molecule has 0 bridgehead atoms. The van der Waals surface area contributed by atoms with Crippen LogP contribution in [-0.2, 0) is 37.3 Å². The quantitative estimate of drug-likeness (QED) is 0.236. The molecule has 0 unspecified atom stereocenters. The van der Waals surface area contributed by atoms with Crippen LogP contribution in [0.4, 0.5) is 26.3 Å². The van der Waals surface area contributed by atoms with Crippen molar-refractivity contribution in [3.8, 4) is 12.1 Å². The van der Waals surface area contributed by atoms with Gasteiger partial charge < -0.3 is 9.11 Å². The summed E-state index contributed by atoms with van der Waals surface area (Å²) in [6.07, 6.45) is 0. The van der Waals surface area contributed by atoms with Crippen LogP contribution in [-0.4, -0.2) is 37.0 Å². The van der Waals surface area contributed by atoms with Gasteiger partial charge in [0, 0.05) is 13.8 Å². The number of rotatable bonds is 0. The third-order valence-electron chi connectivity index (χ3n) is 0.567. The average Bonchev–Trinajstić information content (AvgIpc) is 2.13. The van der Waals surface area contributed by atoms with E-state index in [9.17, 15) is 26.3 Å². The van der Waals surface area contributed by atoms with E-state index in [0.29, 0.717) is 0 Å². The maximum Gasteiger partial charge on any atom is 2.00 e. The maximum absolute atomic E-state index is 10.7. The molecule has 17 heteroatoms. The number of nitriles is 2. The molecular weight excluding hydrogens is 430 g/mol. The monoisotopic (exact) mass is 436 g/mol. The van der Waals surface area contributed by atoms with Crippen LogP contribution >= 0.6 is 0 Å². The van der Waals surface area contributed by atoms with Gasteiger partial charge in [-0.05, 0) is 0 Å². The van der Waals surface area contributed by atoms with E-state index in [2.05, 4.69) is 0 Å². The summed E-state index contributed by atoms with van der Waals surface area (Å²) in [5.41, 5.74) is -11.3. The van der Waals surface area contributed by atoms with E-state index in [4.69, 9.17) is 36.5 Å². The van der Waals surface area contributed by atoms with E-state index in [-0.39, 0.29) is 17.1 Å². The predicted octanol–water partition coefficient (Wildman–Crippen LogP) is 1.16. The molecule has 0 heterocycles. The first-order chi connectivity index (χ1) is 9.33. The fraction of sp³-hybridized carbons (Fsp3) is 0.667. The van der Waals surface area contributed by atoms with Gasteiger partial charge in [-0.25, -0.2) is 16.8 Å². The van der Waals surface area contributed by atoms with Crippen molar-refractivity contribution in [2.24, 2.45) is 0 Å². The summed E-state index contributed by atoms with van der Waals surface area (Å²) in [6, 6.07) is 3.50. The molecule has 0 aliphatic heterocycles. The Bertz CT molecular complexity index is 531. The summed E-state index contributed by atoms with van der Waals surface area (Å²) in [6.45, 7) is 2.86. The zero-order chi connectivity index (χ0) is 19.4. The van der Waals surface area contributed by atoms with E-state index < -0.39 is 31.3 Å². The van der Waals surface area contributed by atoms with Crippen LogP contribution in [0.5, 0.6) is 0 Å². The Morgan fingerprint density at radius 1 is 0.739 bits per heavy atom. The maximum atomic E-state index is 10.7. The van der Waals surface area contributed by atoms with Crippen molar-refractivity contribution in [3.63, 3.8) is 0 Å². The number of hydrogen-bond acceptors (Lipinski definition) is 8. The molecular formula is C6H6F6FeN2O6S2. The van der Waals surface area contributed by atoms with Gasteiger partial charge in [0.25, 0.3) is 0 Å². The SMILES string of the molecule is CC#N.CC#N.O=S(=O)([O-])C(F)(F)F.O=S(=O)([O-])C(F)(F)F.[Fe+2]. The third-order valence-corrected chi connectivity index (χ3v) is 1.70. The van der Waals surface area contributed by atoms with Crippen molar-refractivity contribution in [2.45, 2.75) is 24.9 Å². The molecule has 0 atom stereocenters. The van der Waals surface area contributed by atoms with Crippen LogP contribution in [0.25, 0.3) is 0 Å². The molecule has 0 aliphatic rings. The smallest absolute Gasteiger partial charge is 0.741 e. The first-order valence-corrected chi connectivity index (χ1v) is 6.81. The Kier molecular flexibility index (Phi) is 19.4. The van der Waals surface area contributed by atoms with Crippen molar-refractivity contribution in [2.75, 3.05) is 0 Å². The fourth-order valence-electron chi connectivity index (χ4n) is 0. The van der Waals surface area contributed by atoms with Crippen LogP contribution in [0.2, 0.25) is 0 Å². The molecule has 23 heavy (non-hydrogen) atoms. The minimum Gasteiger partial charge on any atom is -0.741 e. The number of hydrogen-bond donors (Lipinski definition) is 0. The average molecular weight is 436 g/mol. The van der Waals surface area contributed by atoms with Crippen LogP contribution in [0, 0.1) is 22.7 Å². The molecule has 8 nitrogen and oxygen atoms in total.